The molecule has 3 aromatic rings. The number of ether oxygens (including phenoxy) is 2. The summed E-state index contributed by atoms with van der Waals surface area (Å²) in [6, 6.07) is 15.9. The highest BCUT2D eigenvalue weighted by molar-refractivity contribution is 7.17. The molecule has 1 N–H and O–H groups in total. The van der Waals surface area contributed by atoms with Crippen LogP contribution in [0.5, 0.6) is 11.5 Å². The minimum absolute atomic E-state index is 0.123. The molecular weight excluding hydrogens is 403 g/mol. The highest BCUT2D eigenvalue weighted by Gasteiger charge is 2.18. The van der Waals surface area contributed by atoms with E-state index in [2.05, 4.69) is 5.32 Å². The van der Waals surface area contributed by atoms with Gasteiger partial charge in [0.1, 0.15) is 19.0 Å². The fraction of sp³-hybridized carbons (Fsp3) is 0.261. The summed E-state index contributed by atoms with van der Waals surface area (Å²) in [5.41, 5.74) is 1.80. The van der Waals surface area contributed by atoms with Crippen LogP contribution in [-0.4, -0.2) is 44.7 Å². The van der Waals surface area contributed by atoms with E-state index in [9.17, 15) is 9.18 Å². The maximum atomic E-state index is 13.6. The van der Waals surface area contributed by atoms with Gasteiger partial charge in [0.05, 0.1) is 10.9 Å². The molecule has 4 rings (SSSR count). The molecule has 1 aromatic heterocycles. The van der Waals surface area contributed by atoms with Gasteiger partial charge in [-0.1, -0.05) is 12.1 Å². The second kappa shape index (κ2) is 8.85. The van der Waals surface area contributed by atoms with Gasteiger partial charge in [0.2, 0.25) is 0 Å². The smallest absolute Gasteiger partial charge is 0.261 e. The summed E-state index contributed by atoms with van der Waals surface area (Å²) < 4.78 is 24.8. The molecule has 2 heterocycles. The SMILES string of the molecule is CN(C)[C@@H](CNC(=O)c1ccc(-c2ccc3c(c2)OCCO3)s1)c1cccc(F)c1. The summed E-state index contributed by atoms with van der Waals surface area (Å²) in [5.74, 6) is 1.04. The van der Waals surface area contributed by atoms with Crippen molar-refractivity contribution < 1.29 is 18.7 Å². The van der Waals surface area contributed by atoms with E-state index in [1.54, 1.807) is 6.07 Å². The van der Waals surface area contributed by atoms with E-state index in [-0.39, 0.29) is 17.8 Å². The van der Waals surface area contributed by atoms with Crippen LogP contribution in [0.15, 0.2) is 54.6 Å². The van der Waals surface area contributed by atoms with Crippen LogP contribution < -0.4 is 14.8 Å². The van der Waals surface area contributed by atoms with Crippen molar-refractivity contribution in [1.29, 1.82) is 0 Å². The standard InChI is InChI=1S/C23H23FN2O3S/c1-26(2)18(15-4-3-5-17(24)12-15)14-25-23(27)22-9-8-21(30-22)16-6-7-19-20(13-16)29-11-10-28-19/h3-9,12-13,18H,10-11,14H2,1-2H3,(H,25,27)/t18-/m0/s1. The second-order valence-electron chi connectivity index (χ2n) is 7.27. The first kappa shape index (κ1) is 20.4. The van der Waals surface area contributed by atoms with Crippen LogP contribution in [0.25, 0.3) is 10.4 Å². The molecule has 30 heavy (non-hydrogen) atoms. The fourth-order valence-electron chi connectivity index (χ4n) is 3.40. The summed E-state index contributed by atoms with van der Waals surface area (Å²) in [5, 5.41) is 2.98. The summed E-state index contributed by atoms with van der Waals surface area (Å²) in [4.78, 5) is 16.3. The Labute approximate surface area is 179 Å². The highest BCUT2D eigenvalue weighted by Crippen LogP contribution is 2.36. The number of fused-ring (bicyclic) bond motifs is 1. The second-order valence-corrected chi connectivity index (χ2v) is 8.35. The molecule has 2 aromatic carbocycles. The van der Waals surface area contributed by atoms with Crippen LogP contribution in [0.2, 0.25) is 0 Å². The number of carbonyl (C=O) groups excluding carboxylic acids is 1. The van der Waals surface area contributed by atoms with Crippen LogP contribution in [0.4, 0.5) is 4.39 Å². The van der Waals surface area contributed by atoms with E-state index in [0.29, 0.717) is 24.6 Å². The zero-order valence-corrected chi connectivity index (χ0v) is 17.7. The molecule has 5 nitrogen and oxygen atoms in total. The Morgan fingerprint density at radius 1 is 1.10 bits per heavy atom. The van der Waals surface area contributed by atoms with Gasteiger partial charge in [0.15, 0.2) is 11.5 Å². The third-order valence-corrected chi connectivity index (χ3v) is 6.10. The average molecular weight is 427 g/mol. The topological polar surface area (TPSA) is 50.8 Å². The van der Waals surface area contributed by atoms with Crippen LogP contribution in [0, 0.1) is 5.82 Å². The molecule has 7 heteroatoms. The zero-order chi connectivity index (χ0) is 21.1. The predicted octanol–water partition coefficient (Wildman–Crippen LogP) is 4.36. The van der Waals surface area contributed by atoms with Crippen molar-refractivity contribution in [1.82, 2.24) is 10.2 Å². The number of halogens is 1. The maximum Gasteiger partial charge on any atom is 0.261 e. The molecule has 0 bridgehead atoms. The third-order valence-electron chi connectivity index (χ3n) is 4.97. The molecule has 156 valence electrons. The number of hydrogen-bond donors (Lipinski definition) is 1. The number of thiophene rings is 1. The normalized spacial score (nSPS) is 13.9. The van der Waals surface area contributed by atoms with E-state index in [1.807, 2.05) is 55.4 Å². The Kier molecular flexibility index (Phi) is 6.01. The molecule has 0 spiro atoms. The van der Waals surface area contributed by atoms with Crippen molar-refractivity contribution in [3.05, 3.63) is 70.9 Å². The molecule has 1 amide bonds. The van der Waals surface area contributed by atoms with Crippen LogP contribution >= 0.6 is 11.3 Å². The molecule has 0 unspecified atom stereocenters. The van der Waals surface area contributed by atoms with Gasteiger partial charge >= 0.3 is 0 Å². The van der Waals surface area contributed by atoms with Gasteiger partial charge in [-0.25, -0.2) is 4.39 Å². The first-order valence-corrected chi connectivity index (χ1v) is 10.5. The van der Waals surface area contributed by atoms with E-state index >= 15 is 0 Å². The van der Waals surface area contributed by atoms with Crippen LogP contribution in [0.1, 0.15) is 21.3 Å². The van der Waals surface area contributed by atoms with Crippen LogP contribution in [-0.2, 0) is 0 Å². The lowest BCUT2D eigenvalue weighted by molar-refractivity contribution is 0.0946. The monoisotopic (exact) mass is 426 g/mol. The first-order chi connectivity index (χ1) is 14.5. The van der Waals surface area contributed by atoms with Crippen molar-refractivity contribution >= 4 is 17.2 Å². The number of benzene rings is 2. The Morgan fingerprint density at radius 2 is 1.90 bits per heavy atom. The Morgan fingerprint density at radius 3 is 2.67 bits per heavy atom. The van der Waals surface area contributed by atoms with E-state index in [1.165, 1.54) is 23.5 Å². The van der Waals surface area contributed by atoms with E-state index in [0.717, 1.165) is 27.5 Å². The fourth-order valence-corrected chi connectivity index (χ4v) is 4.32. The molecule has 1 aliphatic rings. The quantitative estimate of drug-likeness (QED) is 0.636. The Balaban J connectivity index is 1.45. The minimum atomic E-state index is -0.284. The van der Waals surface area contributed by atoms with Crippen molar-refractivity contribution in [3.8, 4) is 21.9 Å². The first-order valence-electron chi connectivity index (χ1n) is 9.71. The summed E-state index contributed by atoms with van der Waals surface area (Å²) >= 11 is 1.42. The minimum Gasteiger partial charge on any atom is -0.486 e. The Bertz CT molecular complexity index is 1050. The van der Waals surface area contributed by atoms with Crippen LogP contribution in [0.3, 0.4) is 0 Å². The van der Waals surface area contributed by atoms with Gasteiger partial charge in [-0.2, -0.15) is 0 Å². The number of hydrogen-bond acceptors (Lipinski definition) is 5. The lowest BCUT2D eigenvalue weighted by Gasteiger charge is -2.25. The third kappa shape index (κ3) is 4.47. The van der Waals surface area contributed by atoms with Gasteiger partial charge in [-0.3, -0.25) is 4.79 Å². The lowest BCUT2D eigenvalue weighted by atomic mass is 10.1. The van der Waals surface area contributed by atoms with Gasteiger partial charge in [-0.05, 0) is 67.7 Å². The molecule has 1 aliphatic heterocycles. The average Bonchev–Trinajstić information content (AvgIpc) is 3.24. The summed E-state index contributed by atoms with van der Waals surface area (Å²) in [6.07, 6.45) is 0. The van der Waals surface area contributed by atoms with Gasteiger partial charge in [0.25, 0.3) is 5.91 Å². The lowest BCUT2D eigenvalue weighted by Crippen LogP contribution is -2.34. The van der Waals surface area contributed by atoms with Crippen molar-refractivity contribution in [2.24, 2.45) is 0 Å². The molecular formula is C23H23FN2O3S. The summed E-state index contributed by atoms with van der Waals surface area (Å²) in [7, 11) is 3.82. The maximum absolute atomic E-state index is 13.6. The molecule has 0 saturated heterocycles. The number of nitrogens with one attached hydrogen (secondary N) is 1. The molecule has 0 radical (unpaired) electrons. The summed E-state index contributed by atoms with van der Waals surface area (Å²) in [6.45, 7) is 1.47. The number of carbonyl (C=O) groups is 1. The molecule has 0 aliphatic carbocycles. The van der Waals surface area contributed by atoms with Gasteiger partial charge in [-0.15, -0.1) is 11.3 Å². The number of rotatable bonds is 6. The molecule has 1 atom stereocenters. The van der Waals surface area contributed by atoms with Crippen molar-refractivity contribution in [3.63, 3.8) is 0 Å². The Hall–Kier alpha value is -2.90. The van der Waals surface area contributed by atoms with Gasteiger partial charge < -0.3 is 19.7 Å². The number of nitrogens with zero attached hydrogens (tertiary/aromatic N) is 1. The molecule has 0 fully saturated rings. The van der Waals surface area contributed by atoms with E-state index in [4.69, 9.17) is 9.47 Å². The van der Waals surface area contributed by atoms with Crippen molar-refractivity contribution in [2.45, 2.75) is 6.04 Å². The molecule has 0 saturated carbocycles. The van der Waals surface area contributed by atoms with Crippen molar-refractivity contribution in [2.75, 3.05) is 33.9 Å². The zero-order valence-electron chi connectivity index (χ0n) is 16.9. The van der Waals surface area contributed by atoms with Gasteiger partial charge in [0, 0.05) is 11.4 Å². The predicted molar refractivity (Wildman–Crippen MR) is 116 cm³/mol. The largest absolute Gasteiger partial charge is 0.486 e. The number of likely N-dealkylation sites (N-methyl/N-ethyl adjacent to an activating group) is 1. The van der Waals surface area contributed by atoms with E-state index < -0.39 is 0 Å². The highest BCUT2D eigenvalue weighted by atomic mass is 32.1. The number of amides is 1.